The fourth-order valence-corrected chi connectivity index (χ4v) is 1.83. The van der Waals surface area contributed by atoms with Gasteiger partial charge in [-0.05, 0) is 12.8 Å². The number of rotatable bonds is 6. The van der Waals surface area contributed by atoms with Gasteiger partial charge in [-0.25, -0.2) is 4.79 Å². The average Bonchev–Trinajstić information content (AvgIpc) is 2.87. The van der Waals surface area contributed by atoms with Gasteiger partial charge in [0, 0.05) is 6.61 Å². The minimum absolute atomic E-state index is 0.103. The Morgan fingerprint density at radius 2 is 2.29 bits per heavy atom. The predicted octanol–water partition coefficient (Wildman–Crippen LogP) is 0.871. The number of esters is 1. The Kier molecular flexibility index (Phi) is 5.97. The van der Waals surface area contributed by atoms with E-state index in [1.165, 1.54) is 7.11 Å². The lowest BCUT2D eigenvalue weighted by Crippen LogP contribution is -2.44. The molecule has 0 aromatic carbocycles. The van der Waals surface area contributed by atoms with Gasteiger partial charge in [0.1, 0.15) is 6.04 Å². The third-order valence-corrected chi connectivity index (χ3v) is 2.95. The van der Waals surface area contributed by atoms with Crippen molar-refractivity contribution >= 4 is 11.9 Å². The maximum absolute atomic E-state index is 11.8. The summed E-state index contributed by atoms with van der Waals surface area (Å²) in [5.74, 6) is -0.594. The SMILES string of the molecule is CCCC[C@@H](NC(=O)[C@@H]1CCOC1)C(=O)OC. The Morgan fingerprint density at radius 1 is 1.53 bits per heavy atom. The van der Waals surface area contributed by atoms with Crippen molar-refractivity contribution in [1.82, 2.24) is 5.32 Å². The van der Waals surface area contributed by atoms with Gasteiger partial charge in [0.25, 0.3) is 0 Å². The summed E-state index contributed by atoms with van der Waals surface area (Å²) in [6, 6.07) is -0.520. The molecular formula is C12H21NO4. The highest BCUT2D eigenvalue weighted by molar-refractivity contribution is 5.85. The van der Waals surface area contributed by atoms with Crippen LogP contribution in [0.3, 0.4) is 0 Å². The number of hydrogen-bond donors (Lipinski definition) is 1. The second kappa shape index (κ2) is 7.27. The topological polar surface area (TPSA) is 64.6 Å². The minimum atomic E-state index is -0.520. The first-order valence-electron chi connectivity index (χ1n) is 6.15. The van der Waals surface area contributed by atoms with E-state index in [2.05, 4.69) is 10.1 Å². The number of unbranched alkanes of at least 4 members (excludes halogenated alkanes) is 1. The van der Waals surface area contributed by atoms with E-state index in [0.29, 0.717) is 19.6 Å². The second-order valence-electron chi connectivity index (χ2n) is 4.29. The fraction of sp³-hybridized carbons (Fsp3) is 0.833. The van der Waals surface area contributed by atoms with Crippen LogP contribution in [-0.4, -0.2) is 38.2 Å². The molecule has 1 N–H and O–H groups in total. The van der Waals surface area contributed by atoms with E-state index in [1.54, 1.807) is 0 Å². The second-order valence-corrected chi connectivity index (χ2v) is 4.29. The number of carbonyl (C=O) groups excluding carboxylic acids is 2. The molecule has 5 heteroatoms. The van der Waals surface area contributed by atoms with E-state index in [9.17, 15) is 9.59 Å². The van der Waals surface area contributed by atoms with Gasteiger partial charge in [-0.2, -0.15) is 0 Å². The number of carbonyl (C=O) groups is 2. The quantitative estimate of drug-likeness (QED) is 0.703. The maximum Gasteiger partial charge on any atom is 0.328 e. The van der Waals surface area contributed by atoms with Crippen LogP contribution in [0.25, 0.3) is 0 Å². The summed E-state index contributed by atoms with van der Waals surface area (Å²) in [7, 11) is 1.34. The van der Waals surface area contributed by atoms with Crippen molar-refractivity contribution in [2.75, 3.05) is 20.3 Å². The van der Waals surface area contributed by atoms with E-state index < -0.39 is 6.04 Å². The van der Waals surface area contributed by atoms with Gasteiger partial charge in [0.05, 0.1) is 19.6 Å². The summed E-state index contributed by atoms with van der Waals surface area (Å²) in [5.41, 5.74) is 0. The van der Waals surface area contributed by atoms with Gasteiger partial charge < -0.3 is 14.8 Å². The zero-order chi connectivity index (χ0) is 12.7. The highest BCUT2D eigenvalue weighted by atomic mass is 16.5. The highest BCUT2D eigenvalue weighted by Crippen LogP contribution is 2.13. The molecule has 0 unspecified atom stereocenters. The van der Waals surface area contributed by atoms with E-state index in [0.717, 1.165) is 19.3 Å². The molecule has 1 fully saturated rings. The Bertz CT molecular complexity index is 261. The van der Waals surface area contributed by atoms with Gasteiger partial charge in [-0.15, -0.1) is 0 Å². The average molecular weight is 243 g/mol. The van der Waals surface area contributed by atoms with E-state index in [-0.39, 0.29) is 17.8 Å². The summed E-state index contributed by atoms with van der Waals surface area (Å²) in [6.45, 7) is 3.12. The van der Waals surface area contributed by atoms with Gasteiger partial charge in [0.15, 0.2) is 0 Å². The first-order valence-corrected chi connectivity index (χ1v) is 6.15. The molecule has 17 heavy (non-hydrogen) atoms. The van der Waals surface area contributed by atoms with Crippen molar-refractivity contribution in [2.24, 2.45) is 5.92 Å². The lowest BCUT2D eigenvalue weighted by Gasteiger charge is -2.18. The molecule has 2 atom stereocenters. The van der Waals surface area contributed by atoms with Crippen LogP contribution in [0.4, 0.5) is 0 Å². The Balaban J connectivity index is 2.46. The van der Waals surface area contributed by atoms with Gasteiger partial charge >= 0.3 is 5.97 Å². The molecular weight excluding hydrogens is 222 g/mol. The molecule has 1 rings (SSSR count). The smallest absolute Gasteiger partial charge is 0.328 e. The van der Waals surface area contributed by atoms with Crippen molar-refractivity contribution < 1.29 is 19.1 Å². The van der Waals surface area contributed by atoms with Crippen molar-refractivity contribution in [2.45, 2.75) is 38.6 Å². The van der Waals surface area contributed by atoms with E-state index in [1.807, 2.05) is 6.92 Å². The van der Waals surface area contributed by atoms with Crippen molar-refractivity contribution in [3.63, 3.8) is 0 Å². The van der Waals surface area contributed by atoms with Crippen LogP contribution in [0.1, 0.15) is 32.6 Å². The van der Waals surface area contributed by atoms with Crippen LogP contribution in [-0.2, 0) is 19.1 Å². The molecule has 0 radical (unpaired) electrons. The monoisotopic (exact) mass is 243 g/mol. The van der Waals surface area contributed by atoms with Crippen LogP contribution in [0.15, 0.2) is 0 Å². The molecule has 1 heterocycles. The standard InChI is InChI=1S/C12H21NO4/c1-3-4-5-10(12(15)16-2)13-11(14)9-6-7-17-8-9/h9-10H,3-8H2,1-2H3,(H,13,14)/t9-,10-/m1/s1. The van der Waals surface area contributed by atoms with Crippen LogP contribution < -0.4 is 5.32 Å². The summed E-state index contributed by atoms with van der Waals surface area (Å²) < 4.78 is 9.84. The predicted molar refractivity (Wildman–Crippen MR) is 62.4 cm³/mol. The summed E-state index contributed by atoms with van der Waals surface area (Å²) in [6.07, 6.45) is 3.23. The third-order valence-electron chi connectivity index (χ3n) is 2.95. The summed E-state index contributed by atoms with van der Waals surface area (Å²) in [5, 5.41) is 2.75. The van der Waals surface area contributed by atoms with Crippen molar-refractivity contribution in [1.29, 1.82) is 0 Å². The number of methoxy groups -OCH3 is 1. The van der Waals surface area contributed by atoms with Gasteiger partial charge in [-0.3, -0.25) is 4.79 Å². The summed E-state index contributed by atoms with van der Waals surface area (Å²) in [4.78, 5) is 23.3. The Hall–Kier alpha value is -1.10. The molecule has 0 aliphatic carbocycles. The number of nitrogens with one attached hydrogen (secondary N) is 1. The van der Waals surface area contributed by atoms with E-state index in [4.69, 9.17) is 4.74 Å². The molecule has 1 aliphatic heterocycles. The molecule has 0 bridgehead atoms. The molecule has 5 nitrogen and oxygen atoms in total. The number of ether oxygens (including phenoxy) is 2. The minimum Gasteiger partial charge on any atom is -0.467 e. The highest BCUT2D eigenvalue weighted by Gasteiger charge is 2.28. The molecule has 0 spiro atoms. The molecule has 1 amide bonds. The van der Waals surface area contributed by atoms with Crippen LogP contribution in [0, 0.1) is 5.92 Å². The number of hydrogen-bond acceptors (Lipinski definition) is 4. The molecule has 1 saturated heterocycles. The zero-order valence-corrected chi connectivity index (χ0v) is 10.5. The summed E-state index contributed by atoms with van der Waals surface area (Å²) >= 11 is 0. The third kappa shape index (κ3) is 4.34. The molecule has 1 aliphatic rings. The lowest BCUT2D eigenvalue weighted by molar-refractivity contribution is -0.145. The molecule has 0 aromatic heterocycles. The van der Waals surface area contributed by atoms with Crippen molar-refractivity contribution in [3.8, 4) is 0 Å². The fourth-order valence-electron chi connectivity index (χ4n) is 1.83. The normalized spacial score (nSPS) is 20.9. The first-order chi connectivity index (χ1) is 8.19. The first kappa shape index (κ1) is 14.0. The lowest BCUT2D eigenvalue weighted by atomic mass is 10.1. The van der Waals surface area contributed by atoms with Crippen molar-refractivity contribution in [3.05, 3.63) is 0 Å². The Labute approximate surface area is 102 Å². The van der Waals surface area contributed by atoms with Crippen LogP contribution in [0.5, 0.6) is 0 Å². The van der Waals surface area contributed by atoms with E-state index >= 15 is 0 Å². The molecule has 0 aromatic rings. The largest absolute Gasteiger partial charge is 0.467 e. The maximum atomic E-state index is 11.8. The van der Waals surface area contributed by atoms with Crippen LogP contribution >= 0.6 is 0 Å². The zero-order valence-electron chi connectivity index (χ0n) is 10.5. The number of amides is 1. The van der Waals surface area contributed by atoms with Gasteiger partial charge in [-0.1, -0.05) is 19.8 Å². The molecule has 98 valence electrons. The van der Waals surface area contributed by atoms with Gasteiger partial charge in [0.2, 0.25) is 5.91 Å². The molecule has 0 saturated carbocycles. The Morgan fingerprint density at radius 3 is 2.82 bits per heavy atom. The van der Waals surface area contributed by atoms with Crippen LogP contribution in [0.2, 0.25) is 0 Å².